The monoisotopic (exact) mass is 450 g/mol. The fourth-order valence-electron chi connectivity index (χ4n) is 3.25. The molecule has 0 spiro atoms. The normalized spacial score (nSPS) is 10.4. The lowest BCUT2D eigenvalue weighted by Crippen LogP contribution is -2.46. The molecule has 34 heavy (non-hydrogen) atoms. The van der Waals surface area contributed by atoms with E-state index >= 15 is 0 Å². The standard InChI is InChI=1S/C27H22N4O3/c1-17-4-10-20(11-5-17)24(32)30-31(26(33)22-14-8-19(3)9-15-22)27-23(16-28)29-25(34-27)21-12-6-18(2)7-13-21/h4-15H,1-3H3,(H,30,32). The van der Waals surface area contributed by atoms with Crippen molar-refractivity contribution < 1.29 is 14.0 Å². The lowest BCUT2D eigenvalue weighted by Gasteiger charge is -2.21. The number of oxazole rings is 1. The molecule has 4 rings (SSSR count). The van der Waals surface area contributed by atoms with Crippen molar-refractivity contribution in [2.75, 3.05) is 5.01 Å². The van der Waals surface area contributed by atoms with Crippen molar-refractivity contribution in [2.45, 2.75) is 20.8 Å². The zero-order valence-corrected chi connectivity index (χ0v) is 19.0. The van der Waals surface area contributed by atoms with Gasteiger partial charge in [-0.15, -0.1) is 0 Å². The van der Waals surface area contributed by atoms with Gasteiger partial charge in [-0.05, 0) is 57.2 Å². The van der Waals surface area contributed by atoms with Gasteiger partial charge in [0.2, 0.25) is 11.6 Å². The summed E-state index contributed by atoms with van der Waals surface area (Å²) in [6, 6.07) is 23.1. The average Bonchev–Trinajstić information content (AvgIpc) is 3.27. The summed E-state index contributed by atoms with van der Waals surface area (Å²) >= 11 is 0. The van der Waals surface area contributed by atoms with Crippen LogP contribution < -0.4 is 10.4 Å². The van der Waals surface area contributed by atoms with Crippen LogP contribution in [0.5, 0.6) is 0 Å². The van der Waals surface area contributed by atoms with Crippen molar-refractivity contribution in [3.05, 3.63) is 106 Å². The number of rotatable bonds is 4. The summed E-state index contributed by atoms with van der Waals surface area (Å²) in [6.45, 7) is 5.77. The first-order valence-corrected chi connectivity index (χ1v) is 10.6. The van der Waals surface area contributed by atoms with Crippen LogP contribution in [0.25, 0.3) is 11.5 Å². The van der Waals surface area contributed by atoms with E-state index in [0.717, 1.165) is 21.7 Å². The quantitative estimate of drug-likeness (QED) is 0.435. The van der Waals surface area contributed by atoms with Crippen LogP contribution in [0.3, 0.4) is 0 Å². The van der Waals surface area contributed by atoms with Crippen molar-refractivity contribution in [3.8, 4) is 17.5 Å². The Hall–Kier alpha value is -4.70. The van der Waals surface area contributed by atoms with Crippen molar-refractivity contribution in [2.24, 2.45) is 0 Å². The highest BCUT2D eigenvalue weighted by atomic mass is 16.4. The lowest BCUT2D eigenvalue weighted by atomic mass is 10.1. The molecule has 4 aromatic rings. The molecule has 0 saturated heterocycles. The second-order valence-electron chi connectivity index (χ2n) is 7.96. The van der Waals surface area contributed by atoms with Gasteiger partial charge in [0.25, 0.3) is 17.7 Å². The number of benzene rings is 3. The van der Waals surface area contributed by atoms with Crippen LogP contribution >= 0.6 is 0 Å². The van der Waals surface area contributed by atoms with Crippen LogP contribution in [0.15, 0.2) is 77.2 Å². The number of aromatic nitrogens is 1. The van der Waals surface area contributed by atoms with Gasteiger partial charge in [0.1, 0.15) is 6.07 Å². The fourth-order valence-corrected chi connectivity index (χ4v) is 3.25. The summed E-state index contributed by atoms with van der Waals surface area (Å²) in [6.07, 6.45) is 0. The minimum absolute atomic E-state index is 0.125. The Labute approximate surface area is 197 Å². The molecule has 7 nitrogen and oxygen atoms in total. The number of nitriles is 1. The fraction of sp³-hybridized carbons (Fsp3) is 0.111. The molecular formula is C27H22N4O3. The second-order valence-corrected chi connectivity index (χ2v) is 7.96. The van der Waals surface area contributed by atoms with E-state index in [1.165, 1.54) is 0 Å². The molecule has 1 N–H and O–H groups in total. The van der Waals surface area contributed by atoms with E-state index in [1.807, 2.05) is 51.1 Å². The van der Waals surface area contributed by atoms with E-state index < -0.39 is 11.8 Å². The van der Waals surface area contributed by atoms with Crippen LogP contribution in [0.2, 0.25) is 0 Å². The van der Waals surface area contributed by atoms with Gasteiger partial charge in [-0.2, -0.15) is 15.3 Å². The Morgan fingerprint density at radius 2 is 1.32 bits per heavy atom. The van der Waals surface area contributed by atoms with Crippen molar-refractivity contribution in [1.29, 1.82) is 5.26 Å². The zero-order valence-electron chi connectivity index (χ0n) is 19.0. The number of amides is 2. The molecule has 0 aliphatic carbocycles. The van der Waals surface area contributed by atoms with Gasteiger partial charge in [0.05, 0.1) is 0 Å². The smallest absolute Gasteiger partial charge is 0.279 e. The van der Waals surface area contributed by atoms with Crippen LogP contribution in [0.4, 0.5) is 5.88 Å². The van der Waals surface area contributed by atoms with Gasteiger partial charge in [-0.25, -0.2) is 0 Å². The molecule has 0 bridgehead atoms. The van der Waals surface area contributed by atoms with Gasteiger partial charge >= 0.3 is 0 Å². The molecule has 0 aliphatic heterocycles. The van der Waals surface area contributed by atoms with Crippen molar-refractivity contribution in [1.82, 2.24) is 10.4 Å². The summed E-state index contributed by atoms with van der Waals surface area (Å²) in [5, 5.41) is 10.7. The number of aryl methyl sites for hydroxylation is 3. The summed E-state index contributed by atoms with van der Waals surface area (Å²) in [4.78, 5) is 30.7. The van der Waals surface area contributed by atoms with Gasteiger partial charge in [0, 0.05) is 16.7 Å². The number of nitrogens with one attached hydrogen (secondary N) is 1. The third kappa shape index (κ3) is 4.71. The van der Waals surface area contributed by atoms with E-state index in [9.17, 15) is 14.9 Å². The SMILES string of the molecule is Cc1ccc(C(=O)NN(C(=O)c2ccc(C)cc2)c2oc(-c3ccc(C)cc3)nc2C#N)cc1. The minimum Gasteiger partial charge on any atom is -0.417 e. The molecule has 168 valence electrons. The number of nitrogens with zero attached hydrogens (tertiary/aromatic N) is 3. The number of hydrazine groups is 1. The zero-order chi connectivity index (χ0) is 24.2. The second kappa shape index (κ2) is 9.43. The molecule has 1 aromatic heterocycles. The van der Waals surface area contributed by atoms with E-state index in [0.29, 0.717) is 16.7 Å². The van der Waals surface area contributed by atoms with E-state index in [4.69, 9.17) is 4.42 Å². The van der Waals surface area contributed by atoms with Crippen LogP contribution in [0, 0.1) is 32.1 Å². The maximum Gasteiger partial charge on any atom is 0.279 e. The Morgan fingerprint density at radius 3 is 1.85 bits per heavy atom. The predicted molar refractivity (Wildman–Crippen MR) is 128 cm³/mol. The Bertz CT molecular complexity index is 1380. The largest absolute Gasteiger partial charge is 0.417 e. The minimum atomic E-state index is -0.566. The highest BCUT2D eigenvalue weighted by Crippen LogP contribution is 2.29. The summed E-state index contributed by atoms with van der Waals surface area (Å²) in [7, 11) is 0. The highest BCUT2D eigenvalue weighted by molar-refractivity contribution is 6.08. The molecular weight excluding hydrogens is 428 g/mol. The van der Waals surface area contributed by atoms with E-state index in [-0.39, 0.29) is 17.5 Å². The van der Waals surface area contributed by atoms with Gasteiger partial charge in [0.15, 0.2) is 0 Å². The number of carbonyl (C=O) groups is 2. The molecule has 0 aliphatic rings. The predicted octanol–water partition coefficient (Wildman–Crippen LogP) is 5.13. The highest BCUT2D eigenvalue weighted by Gasteiger charge is 2.29. The Balaban J connectivity index is 1.77. The third-order valence-corrected chi connectivity index (χ3v) is 5.25. The van der Waals surface area contributed by atoms with E-state index in [1.54, 1.807) is 48.5 Å². The summed E-state index contributed by atoms with van der Waals surface area (Å²) in [5.41, 5.74) is 6.79. The number of anilines is 1. The first-order valence-electron chi connectivity index (χ1n) is 10.6. The van der Waals surface area contributed by atoms with Crippen LogP contribution in [0.1, 0.15) is 43.1 Å². The summed E-state index contributed by atoms with van der Waals surface area (Å²) < 4.78 is 5.87. The maximum atomic E-state index is 13.5. The molecule has 2 amide bonds. The van der Waals surface area contributed by atoms with E-state index in [2.05, 4.69) is 10.4 Å². The molecule has 0 unspecified atom stereocenters. The number of hydrogen-bond donors (Lipinski definition) is 1. The summed E-state index contributed by atoms with van der Waals surface area (Å²) in [5.74, 6) is -1.09. The first kappa shape index (κ1) is 22.5. The Kier molecular flexibility index (Phi) is 6.24. The van der Waals surface area contributed by atoms with Gasteiger partial charge in [-0.1, -0.05) is 53.1 Å². The topological polar surface area (TPSA) is 99.2 Å². The lowest BCUT2D eigenvalue weighted by molar-refractivity contribution is 0.0882. The molecule has 1 heterocycles. The Morgan fingerprint density at radius 1 is 0.824 bits per heavy atom. The third-order valence-electron chi connectivity index (χ3n) is 5.25. The van der Waals surface area contributed by atoms with Crippen molar-refractivity contribution >= 4 is 17.7 Å². The first-order chi connectivity index (χ1) is 16.4. The van der Waals surface area contributed by atoms with Crippen molar-refractivity contribution in [3.63, 3.8) is 0 Å². The maximum absolute atomic E-state index is 13.5. The van der Waals surface area contributed by atoms with Gasteiger partial charge in [-0.3, -0.25) is 15.0 Å². The number of carbonyl (C=O) groups excluding carboxylic acids is 2. The van der Waals surface area contributed by atoms with Gasteiger partial charge < -0.3 is 4.42 Å². The molecule has 0 fully saturated rings. The molecule has 3 aromatic carbocycles. The number of hydrogen-bond acceptors (Lipinski definition) is 5. The molecule has 0 saturated carbocycles. The van der Waals surface area contributed by atoms with Crippen LogP contribution in [-0.2, 0) is 0 Å². The molecule has 0 radical (unpaired) electrons. The average molecular weight is 450 g/mol. The molecule has 7 heteroatoms. The molecule has 0 atom stereocenters. The van der Waals surface area contributed by atoms with Crippen LogP contribution in [-0.4, -0.2) is 16.8 Å².